The molecule has 0 saturated heterocycles. The van der Waals surface area contributed by atoms with E-state index in [1.165, 1.54) is 12.1 Å². The third-order valence-electron chi connectivity index (χ3n) is 3.36. The third kappa shape index (κ3) is 3.48. The van der Waals surface area contributed by atoms with Gasteiger partial charge in [-0.25, -0.2) is 8.78 Å². The summed E-state index contributed by atoms with van der Waals surface area (Å²) in [7, 11) is 0. The largest absolute Gasteiger partial charge is 0.328 e. The molecule has 2 rings (SSSR count). The van der Waals surface area contributed by atoms with Gasteiger partial charge in [0.25, 0.3) is 0 Å². The van der Waals surface area contributed by atoms with Crippen LogP contribution in [0.25, 0.3) is 0 Å². The lowest BCUT2D eigenvalue weighted by Gasteiger charge is -2.27. The monoisotopic (exact) mass is 240 g/mol. The van der Waals surface area contributed by atoms with E-state index >= 15 is 0 Å². The molecule has 1 fully saturated rings. The van der Waals surface area contributed by atoms with Crippen LogP contribution in [-0.4, -0.2) is 12.1 Å². The summed E-state index contributed by atoms with van der Waals surface area (Å²) in [6, 6.07) is 4.23. The Hall–Kier alpha value is -1.00. The highest BCUT2D eigenvalue weighted by atomic mass is 19.1. The van der Waals surface area contributed by atoms with Gasteiger partial charge in [-0.3, -0.25) is 0 Å². The molecular formula is C13H18F2N2. The summed E-state index contributed by atoms with van der Waals surface area (Å²) < 4.78 is 26.3. The zero-order valence-electron chi connectivity index (χ0n) is 9.76. The Labute approximate surface area is 100 Å². The van der Waals surface area contributed by atoms with Crippen LogP contribution in [-0.2, 0) is 6.54 Å². The SMILES string of the molecule is NC1CCC(NCc2cc(F)ccc2F)CC1. The molecule has 0 radical (unpaired) electrons. The summed E-state index contributed by atoms with van der Waals surface area (Å²) in [6.07, 6.45) is 4.03. The van der Waals surface area contributed by atoms with E-state index in [9.17, 15) is 8.78 Å². The normalized spacial score (nSPS) is 24.9. The minimum atomic E-state index is -0.395. The molecule has 2 nitrogen and oxygen atoms in total. The van der Waals surface area contributed by atoms with Crippen molar-refractivity contribution >= 4 is 0 Å². The van der Waals surface area contributed by atoms with Crippen LogP contribution in [0.2, 0.25) is 0 Å². The summed E-state index contributed by atoms with van der Waals surface area (Å²) in [5, 5.41) is 3.26. The molecule has 4 heteroatoms. The first-order chi connectivity index (χ1) is 8.15. The maximum Gasteiger partial charge on any atom is 0.127 e. The second-order valence-corrected chi connectivity index (χ2v) is 4.73. The quantitative estimate of drug-likeness (QED) is 0.851. The van der Waals surface area contributed by atoms with Gasteiger partial charge in [0.05, 0.1) is 0 Å². The second-order valence-electron chi connectivity index (χ2n) is 4.73. The van der Waals surface area contributed by atoms with Gasteiger partial charge in [-0.05, 0) is 43.9 Å². The lowest BCUT2D eigenvalue weighted by molar-refractivity contribution is 0.340. The van der Waals surface area contributed by atoms with Crippen LogP contribution in [0.3, 0.4) is 0 Å². The predicted octanol–water partition coefficient (Wildman–Crippen LogP) is 2.32. The lowest BCUT2D eigenvalue weighted by atomic mass is 9.92. The van der Waals surface area contributed by atoms with Crippen LogP contribution in [0.5, 0.6) is 0 Å². The van der Waals surface area contributed by atoms with Crippen LogP contribution in [0, 0.1) is 11.6 Å². The number of hydrogen-bond acceptors (Lipinski definition) is 2. The molecule has 17 heavy (non-hydrogen) atoms. The van der Waals surface area contributed by atoms with E-state index < -0.39 is 5.82 Å². The molecule has 0 atom stereocenters. The van der Waals surface area contributed by atoms with Crippen molar-refractivity contribution in [2.45, 2.75) is 44.3 Å². The van der Waals surface area contributed by atoms with Crippen molar-refractivity contribution in [2.75, 3.05) is 0 Å². The van der Waals surface area contributed by atoms with Gasteiger partial charge in [-0.2, -0.15) is 0 Å². The van der Waals surface area contributed by atoms with Gasteiger partial charge in [0.15, 0.2) is 0 Å². The van der Waals surface area contributed by atoms with Crippen LogP contribution in [0.15, 0.2) is 18.2 Å². The molecule has 0 unspecified atom stereocenters. The molecule has 0 aliphatic heterocycles. The molecule has 1 aromatic carbocycles. The van der Waals surface area contributed by atoms with E-state index in [-0.39, 0.29) is 5.82 Å². The van der Waals surface area contributed by atoms with Gasteiger partial charge >= 0.3 is 0 Å². The molecule has 1 aliphatic rings. The van der Waals surface area contributed by atoms with Gasteiger partial charge < -0.3 is 11.1 Å². The number of rotatable bonds is 3. The van der Waals surface area contributed by atoms with Crippen molar-refractivity contribution in [1.82, 2.24) is 5.32 Å². The van der Waals surface area contributed by atoms with Crippen LogP contribution in [0.4, 0.5) is 8.78 Å². The van der Waals surface area contributed by atoms with E-state index in [1.54, 1.807) is 0 Å². The lowest BCUT2D eigenvalue weighted by Crippen LogP contribution is -2.37. The standard InChI is InChI=1S/C13H18F2N2/c14-10-1-6-13(15)9(7-10)8-17-12-4-2-11(16)3-5-12/h1,6-7,11-12,17H,2-5,8,16H2. The fourth-order valence-electron chi connectivity index (χ4n) is 2.26. The third-order valence-corrected chi connectivity index (χ3v) is 3.36. The first-order valence-corrected chi connectivity index (χ1v) is 6.08. The zero-order valence-corrected chi connectivity index (χ0v) is 9.76. The van der Waals surface area contributed by atoms with Gasteiger partial charge in [0.2, 0.25) is 0 Å². The average molecular weight is 240 g/mol. The number of nitrogens with two attached hydrogens (primary N) is 1. The predicted molar refractivity (Wildman–Crippen MR) is 63.4 cm³/mol. The van der Waals surface area contributed by atoms with Gasteiger partial charge in [-0.1, -0.05) is 0 Å². The molecule has 3 N–H and O–H groups in total. The van der Waals surface area contributed by atoms with E-state index in [1.807, 2.05) is 0 Å². The van der Waals surface area contributed by atoms with E-state index in [0.717, 1.165) is 31.7 Å². The highest BCUT2D eigenvalue weighted by Gasteiger charge is 2.18. The number of halogens is 2. The minimum Gasteiger partial charge on any atom is -0.328 e. The fraction of sp³-hybridized carbons (Fsp3) is 0.538. The van der Waals surface area contributed by atoms with Crippen LogP contribution in [0.1, 0.15) is 31.2 Å². The van der Waals surface area contributed by atoms with Gasteiger partial charge in [0.1, 0.15) is 11.6 Å². The van der Waals surface area contributed by atoms with Gasteiger partial charge in [0, 0.05) is 24.2 Å². The van der Waals surface area contributed by atoms with Gasteiger partial charge in [-0.15, -0.1) is 0 Å². The molecule has 1 aromatic rings. The maximum absolute atomic E-state index is 13.4. The van der Waals surface area contributed by atoms with Crippen molar-refractivity contribution < 1.29 is 8.78 Å². The first kappa shape index (κ1) is 12.5. The van der Waals surface area contributed by atoms with Crippen molar-refractivity contribution in [3.8, 4) is 0 Å². The van der Waals surface area contributed by atoms with Crippen molar-refractivity contribution in [3.63, 3.8) is 0 Å². The van der Waals surface area contributed by atoms with E-state index in [4.69, 9.17) is 5.73 Å². The molecule has 1 aliphatic carbocycles. The fourth-order valence-corrected chi connectivity index (χ4v) is 2.26. The van der Waals surface area contributed by atoms with Crippen molar-refractivity contribution in [1.29, 1.82) is 0 Å². The smallest absolute Gasteiger partial charge is 0.127 e. The average Bonchev–Trinajstić information content (AvgIpc) is 2.32. The minimum absolute atomic E-state index is 0.305. The topological polar surface area (TPSA) is 38.0 Å². The number of nitrogens with one attached hydrogen (secondary N) is 1. The molecule has 1 saturated carbocycles. The zero-order chi connectivity index (χ0) is 12.3. The van der Waals surface area contributed by atoms with E-state index in [2.05, 4.69) is 5.32 Å². The number of benzene rings is 1. The second kappa shape index (κ2) is 5.56. The summed E-state index contributed by atoms with van der Waals surface area (Å²) in [6.45, 7) is 0.378. The Bertz CT molecular complexity index is 374. The molecule has 0 aromatic heterocycles. The molecule has 0 spiro atoms. The van der Waals surface area contributed by atoms with Crippen LogP contribution >= 0.6 is 0 Å². The Morgan fingerprint density at radius 2 is 1.88 bits per heavy atom. The Morgan fingerprint density at radius 1 is 1.18 bits per heavy atom. The summed E-state index contributed by atoms with van der Waals surface area (Å²) in [5.41, 5.74) is 6.20. The summed E-state index contributed by atoms with van der Waals surface area (Å²) in [4.78, 5) is 0. The Kier molecular flexibility index (Phi) is 4.07. The molecule has 0 bridgehead atoms. The van der Waals surface area contributed by atoms with Crippen molar-refractivity contribution in [2.24, 2.45) is 5.73 Å². The Balaban J connectivity index is 1.87. The molecule has 0 heterocycles. The highest BCUT2D eigenvalue weighted by molar-refractivity contribution is 5.18. The summed E-state index contributed by atoms with van der Waals surface area (Å²) in [5.74, 6) is -0.750. The van der Waals surface area contributed by atoms with E-state index in [0.29, 0.717) is 24.2 Å². The maximum atomic E-state index is 13.4. The van der Waals surface area contributed by atoms with Crippen LogP contribution < -0.4 is 11.1 Å². The Morgan fingerprint density at radius 3 is 2.59 bits per heavy atom. The molecule has 94 valence electrons. The number of hydrogen-bond donors (Lipinski definition) is 2. The molecular weight excluding hydrogens is 222 g/mol. The first-order valence-electron chi connectivity index (χ1n) is 6.08. The summed E-state index contributed by atoms with van der Waals surface area (Å²) >= 11 is 0. The van der Waals surface area contributed by atoms with Crippen molar-refractivity contribution in [3.05, 3.63) is 35.4 Å². The highest BCUT2D eigenvalue weighted by Crippen LogP contribution is 2.18. The molecule has 0 amide bonds.